The van der Waals surface area contributed by atoms with Gasteiger partial charge in [0.2, 0.25) is 11.1 Å². The van der Waals surface area contributed by atoms with Gasteiger partial charge in [0.25, 0.3) is 0 Å². The van der Waals surface area contributed by atoms with E-state index < -0.39 is 4.92 Å². The quantitative estimate of drug-likeness (QED) is 0.487. The molecule has 0 saturated carbocycles. The predicted octanol–water partition coefficient (Wildman–Crippen LogP) is 2.58. The summed E-state index contributed by atoms with van der Waals surface area (Å²) in [6, 6.07) is 3.52. The van der Waals surface area contributed by atoms with Gasteiger partial charge >= 0.3 is 5.69 Å². The van der Waals surface area contributed by atoms with E-state index in [1.807, 2.05) is 0 Å². The predicted molar refractivity (Wildman–Crippen MR) is 69.2 cm³/mol. The molecular weight excluding hydrogens is 272 g/mol. The van der Waals surface area contributed by atoms with Crippen molar-refractivity contribution in [3.8, 4) is 0 Å². The molecule has 0 fully saturated rings. The minimum Gasteiger partial charge on any atom is -0.467 e. The van der Waals surface area contributed by atoms with E-state index >= 15 is 0 Å². The van der Waals surface area contributed by atoms with Gasteiger partial charge in [0.1, 0.15) is 11.5 Å². The van der Waals surface area contributed by atoms with Gasteiger partial charge in [-0.1, -0.05) is 0 Å². The van der Waals surface area contributed by atoms with Crippen LogP contribution in [-0.2, 0) is 6.54 Å². The van der Waals surface area contributed by atoms with Crippen molar-refractivity contribution in [3.05, 3.63) is 45.2 Å². The van der Waals surface area contributed by atoms with Crippen molar-refractivity contribution in [2.24, 2.45) is 0 Å². The molecule has 19 heavy (non-hydrogen) atoms. The average Bonchev–Trinajstić information content (AvgIpc) is 2.79. The van der Waals surface area contributed by atoms with Gasteiger partial charge in [-0.2, -0.15) is 4.98 Å². The minimum absolute atomic E-state index is 0.0237. The van der Waals surface area contributed by atoms with Crippen LogP contribution in [0.5, 0.6) is 0 Å². The number of furan rings is 1. The topological polar surface area (TPSA) is 85.3 Å². The van der Waals surface area contributed by atoms with Crippen molar-refractivity contribution in [1.82, 2.24) is 9.97 Å². The molecule has 0 spiro atoms. The molecule has 0 aromatic carbocycles. The molecule has 2 heterocycles. The monoisotopic (exact) mass is 282 g/mol. The van der Waals surface area contributed by atoms with Gasteiger partial charge in [-0.15, -0.1) is 0 Å². The van der Waals surface area contributed by atoms with Crippen LogP contribution < -0.4 is 4.90 Å². The van der Waals surface area contributed by atoms with Crippen molar-refractivity contribution in [2.45, 2.75) is 13.5 Å². The highest BCUT2D eigenvalue weighted by atomic mass is 35.5. The first kappa shape index (κ1) is 13.3. The Hall–Kier alpha value is -2.15. The Bertz CT molecular complexity index is 600. The average molecular weight is 283 g/mol. The molecule has 8 heteroatoms. The maximum Gasteiger partial charge on any atom is 0.332 e. The first-order valence-corrected chi connectivity index (χ1v) is 5.79. The van der Waals surface area contributed by atoms with Crippen molar-refractivity contribution < 1.29 is 9.34 Å². The van der Waals surface area contributed by atoms with Crippen LogP contribution in [0.2, 0.25) is 5.28 Å². The molecule has 0 aliphatic heterocycles. The van der Waals surface area contributed by atoms with Crippen LogP contribution in [0.4, 0.5) is 11.5 Å². The van der Waals surface area contributed by atoms with Crippen LogP contribution in [-0.4, -0.2) is 21.9 Å². The molecule has 0 saturated heterocycles. The summed E-state index contributed by atoms with van der Waals surface area (Å²) >= 11 is 5.76. The maximum absolute atomic E-state index is 11.1. The minimum atomic E-state index is -0.514. The smallest absolute Gasteiger partial charge is 0.332 e. The number of anilines is 1. The molecule has 0 aliphatic rings. The molecule has 2 aromatic rings. The highest BCUT2D eigenvalue weighted by Gasteiger charge is 2.24. The van der Waals surface area contributed by atoms with Gasteiger partial charge in [0.05, 0.1) is 17.7 Å². The van der Waals surface area contributed by atoms with Crippen molar-refractivity contribution in [2.75, 3.05) is 11.9 Å². The van der Waals surface area contributed by atoms with E-state index in [-0.39, 0.29) is 22.5 Å². The molecule has 0 amide bonds. The lowest BCUT2D eigenvalue weighted by atomic mass is 10.3. The normalized spacial score (nSPS) is 10.5. The van der Waals surface area contributed by atoms with E-state index in [4.69, 9.17) is 16.0 Å². The fourth-order valence-electron chi connectivity index (χ4n) is 1.71. The van der Waals surface area contributed by atoms with Crippen LogP contribution in [0.3, 0.4) is 0 Å². The molecule has 2 aromatic heterocycles. The first-order valence-electron chi connectivity index (χ1n) is 5.41. The molecule has 100 valence electrons. The Balaban J connectivity index is 2.40. The summed E-state index contributed by atoms with van der Waals surface area (Å²) in [5.74, 6) is 0.836. The molecule has 0 unspecified atom stereocenters. The zero-order valence-corrected chi connectivity index (χ0v) is 11.1. The molecule has 0 bridgehead atoms. The van der Waals surface area contributed by atoms with Crippen LogP contribution >= 0.6 is 11.6 Å². The molecule has 0 N–H and O–H groups in total. The van der Waals surface area contributed by atoms with Gasteiger partial charge in [-0.3, -0.25) is 10.1 Å². The summed E-state index contributed by atoms with van der Waals surface area (Å²) in [5.41, 5.74) is 0.0738. The third-order valence-electron chi connectivity index (χ3n) is 2.53. The summed E-state index contributed by atoms with van der Waals surface area (Å²) in [6.07, 6.45) is 1.54. The third kappa shape index (κ3) is 2.82. The highest BCUT2D eigenvalue weighted by molar-refractivity contribution is 6.28. The number of nitrogens with zero attached hydrogens (tertiary/aromatic N) is 4. The Morgan fingerprint density at radius 1 is 1.53 bits per heavy atom. The van der Waals surface area contributed by atoms with Gasteiger partial charge in [0, 0.05) is 7.05 Å². The number of aromatic nitrogens is 2. The Morgan fingerprint density at radius 3 is 2.84 bits per heavy atom. The van der Waals surface area contributed by atoms with Crippen LogP contribution in [0.15, 0.2) is 22.8 Å². The summed E-state index contributed by atoms with van der Waals surface area (Å²) in [4.78, 5) is 19.9. The third-order valence-corrected chi connectivity index (χ3v) is 2.70. The number of halogens is 1. The second kappa shape index (κ2) is 5.23. The first-order chi connectivity index (χ1) is 8.99. The van der Waals surface area contributed by atoms with E-state index in [9.17, 15) is 10.1 Å². The van der Waals surface area contributed by atoms with E-state index in [1.54, 1.807) is 24.1 Å². The van der Waals surface area contributed by atoms with Crippen molar-refractivity contribution in [1.29, 1.82) is 0 Å². The summed E-state index contributed by atoms with van der Waals surface area (Å²) in [5, 5.41) is 11.1. The summed E-state index contributed by atoms with van der Waals surface area (Å²) in [7, 11) is 1.67. The van der Waals surface area contributed by atoms with E-state index in [2.05, 4.69) is 9.97 Å². The molecule has 0 radical (unpaired) electrons. The zero-order chi connectivity index (χ0) is 14.0. The van der Waals surface area contributed by atoms with Gasteiger partial charge in [-0.25, -0.2) is 4.98 Å². The molecular formula is C11H11ClN4O3. The van der Waals surface area contributed by atoms with Crippen LogP contribution in [0.25, 0.3) is 0 Å². The van der Waals surface area contributed by atoms with E-state index in [0.717, 1.165) is 0 Å². The van der Waals surface area contributed by atoms with Gasteiger partial charge < -0.3 is 9.32 Å². The molecule has 2 rings (SSSR count). The van der Waals surface area contributed by atoms with Gasteiger partial charge in [-0.05, 0) is 30.7 Å². The lowest BCUT2D eigenvalue weighted by Gasteiger charge is -2.17. The Kier molecular flexibility index (Phi) is 3.66. The Morgan fingerprint density at radius 2 is 2.26 bits per heavy atom. The highest BCUT2D eigenvalue weighted by Crippen LogP contribution is 2.29. The number of hydrogen-bond donors (Lipinski definition) is 0. The Labute approximate surface area is 114 Å². The van der Waals surface area contributed by atoms with Crippen LogP contribution in [0.1, 0.15) is 11.5 Å². The molecule has 0 aliphatic carbocycles. The second-order valence-corrected chi connectivity index (χ2v) is 4.28. The fourth-order valence-corrected chi connectivity index (χ4v) is 1.92. The number of aryl methyl sites for hydroxylation is 1. The largest absolute Gasteiger partial charge is 0.467 e. The standard InChI is InChI=1S/C11H11ClN4O3/c1-7-9(16(17)18)10(14-11(12)13-7)15(2)6-8-4-3-5-19-8/h3-5H,6H2,1-2H3. The lowest BCUT2D eigenvalue weighted by molar-refractivity contribution is -0.385. The van der Waals surface area contributed by atoms with Crippen molar-refractivity contribution in [3.63, 3.8) is 0 Å². The second-order valence-electron chi connectivity index (χ2n) is 3.94. The fraction of sp³-hybridized carbons (Fsp3) is 0.273. The summed E-state index contributed by atoms with van der Waals surface area (Å²) < 4.78 is 5.20. The number of nitro groups is 1. The lowest BCUT2D eigenvalue weighted by Crippen LogP contribution is -2.19. The zero-order valence-electron chi connectivity index (χ0n) is 10.3. The molecule has 0 atom stereocenters. The van der Waals surface area contributed by atoms with E-state index in [0.29, 0.717) is 12.3 Å². The van der Waals surface area contributed by atoms with Crippen molar-refractivity contribution >= 4 is 23.1 Å². The number of hydrogen-bond acceptors (Lipinski definition) is 6. The van der Waals surface area contributed by atoms with E-state index in [1.165, 1.54) is 13.2 Å². The van der Waals surface area contributed by atoms with Crippen LogP contribution in [0, 0.1) is 17.0 Å². The number of rotatable bonds is 4. The maximum atomic E-state index is 11.1. The van der Waals surface area contributed by atoms with Gasteiger partial charge in [0.15, 0.2) is 0 Å². The summed E-state index contributed by atoms with van der Waals surface area (Å²) in [6.45, 7) is 1.87. The molecule has 7 nitrogen and oxygen atoms in total. The SMILES string of the molecule is Cc1nc(Cl)nc(N(C)Cc2ccco2)c1[N+](=O)[O-].